The van der Waals surface area contributed by atoms with Crippen LogP contribution in [0.3, 0.4) is 0 Å². The monoisotopic (exact) mass is 236 g/mol. The van der Waals surface area contributed by atoms with Gasteiger partial charge in [0.05, 0.1) is 17.3 Å². The van der Waals surface area contributed by atoms with Gasteiger partial charge in [0.2, 0.25) is 0 Å². The predicted molar refractivity (Wildman–Crippen MR) is 54.7 cm³/mol. The number of nitrogens with one attached hydrogen (secondary N) is 1. The van der Waals surface area contributed by atoms with Gasteiger partial charge in [-0.05, 0) is 13.0 Å². The highest BCUT2D eigenvalue weighted by atomic mass is 35.5. The molecule has 78 valence electrons. The molecule has 6 heteroatoms. The number of aromatic nitrogens is 1. The summed E-state index contributed by atoms with van der Waals surface area (Å²) in [6.45, 7) is 1.89. The maximum Gasteiger partial charge on any atom is 0.164 e. The van der Waals surface area contributed by atoms with Gasteiger partial charge in [0.15, 0.2) is 5.82 Å². The van der Waals surface area contributed by atoms with E-state index in [1.807, 2.05) is 0 Å². The molecular formula is C8H10ClFN2OS. The average molecular weight is 237 g/mol. The van der Waals surface area contributed by atoms with Crippen LogP contribution < -0.4 is 4.72 Å². The Kier molecular flexibility index (Phi) is 4.60. The van der Waals surface area contributed by atoms with Crippen molar-refractivity contribution in [1.29, 1.82) is 0 Å². The molecule has 1 N–H and O–H groups in total. The summed E-state index contributed by atoms with van der Waals surface area (Å²) in [5, 5.41) is 0.0269. The number of pyridine rings is 1. The van der Waals surface area contributed by atoms with E-state index in [-0.39, 0.29) is 17.3 Å². The topological polar surface area (TPSA) is 48.0 Å². The van der Waals surface area contributed by atoms with Crippen LogP contribution in [0.4, 0.5) is 4.39 Å². The van der Waals surface area contributed by atoms with Crippen LogP contribution in [0, 0.1) is 5.82 Å². The standard InChI is InChI=1S/C8H10ClFN2OS/c1-2-14(13)12-5-7-8(10)6(9)3-4-11-7/h3-4,12H,2,5H2,1H3. The Labute approximate surface area is 90.0 Å². The summed E-state index contributed by atoms with van der Waals surface area (Å²) in [4.78, 5) is 3.79. The lowest BCUT2D eigenvalue weighted by Gasteiger charge is -2.08. The van der Waals surface area contributed by atoms with Crippen molar-refractivity contribution in [3.05, 3.63) is 28.8 Å². The van der Waals surface area contributed by atoms with E-state index in [0.717, 1.165) is 0 Å². The normalized spacial score (nSPS) is 12.9. The molecule has 0 saturated heterocycles. The van der Waals surface area contributed by atoms with Crippen molar-refractivity contribution in [2.24, 2.45) is 0 Å². The molecule has 1 unspecified atom stereocenters. The third-order valence-corrected chi connectivity index (χ3v) is 2.86. The Hall–Kier alpha value is -0.360. The van der Waals surface area contributed by atoms with E-state index >= 15 is 0 Å². The van der Waals surface area contributed by atoms with Gasteiger partial charge in [-0.1, -0.05) is 11.6 Å². The van der Waals surface area contributed by atoms with Crippen LogP contribution in [0.1, 0.15) is 12.6 Å². The van der Waals surface area contributed by atoms with Crippen molar-refractivity contribution in [3.8, 4) is 0 Å². The molecule has 0 aliphatic rings. The molecule has 0 saturated carbocycles. The molecule has 0 aliphatic heterocycles. The summed E-state index contributed by atoms with van der Waals surface area (Å²) in [7, 11) is 0. The van der Waals surface area contributed by atoms with Crippen molar-refractivity contribution in [2.75, 3.05) is 5.75 Å². The van der Waals surface area contributed by atoms with Gasteiger partial charge in [0.1, 0.15) is 5.75 Å². The Balaban J connectivity index is 2.63. The molecule has 0 aromatic carbocycles. The molecule has 1 atom stereocenters. The van der Waals surface area contributed by atoms with Gasteiger partial charge in [-0.3, -0.25) is 4.98 Å². The minimum Gasteiger partial charge on any atom is -0.598 e. The molecule has 3 nitrogen and oxygen atoms in total. The van der Waals surface area contributed by atoms with E-state index in [2.05, 4.69) is 9.71 Å². The van der Waals surface area contributed by atoms with Gasteiger partial charge in [0, 0.05) is 17.6 Å². The van der Waals surface area contributed by atoms with Gasteiger partial charge < -0.3 is 4.55 Å². The summed E-state index contributed by atoms with van der Waals surface area (Å²) in [5.41, 5.74) is 0.180. The molecule has 0 fully saturated rings. The van der Waals surface area contributed by atoms with Gasteiger partial charge in [-0.15, -0.1) is 4.72 Å². The van der Waals surface area contributed by atoms with Crippen LogP contribution in [0.15, 0.2) is 12.3 Å². The molecule has 1 aromatic rings. The first-order chi connectivity index (χ1) is 6.65. The molecule has 0 amide bonds. The number of hydrogen-bond donors (Lipinski definition) is 1. The van der Waals surface area contributed by atoms with Crippen molar-refractivity contribution in [3.63, 3.8) is 0 Å². The summed E-state index contributed by atoms with van der Waals surface area (Å²) in [6.07, 6.45) is 1.41. The van der Waals surface area contributed by atoms with Crippen molar-refractivity contribution in [1.82, 2.24) is 9.71 Å². The van der Waals surface area contributed by atoms with Crippen LogP contribution in [0.25, 0.3) is 0 Å². The highest BCUT2D eigenvalue weighted by molar-refractivity contribution is 7.89. The largest absolute Gasteiger partial charge is 0.598 e. The molecule has 0 radical (unpaired) electrons. The number of nitrogens with zero attached hydrogens (tertiary/aromatic N) is 1. The molecule has 0 spiro atoms. The smallest absolute Gasteiger partial charge is 0.164 e. The average Bonchev–Trinajstić information content (AvgIpc) is 2.20. The maximum atomic E-state index is 13.2. The van der Waals surface area contributed by atoms with Gasteiger partial charge in [0.25, 0.3) is 0 Å². The van der Waals surface area contributed by atoms with E-state index in [4.69, 9.17) is 11.6 Å². The highest BCUT2D eigenvalue weighted by Gasteiger charge is 2.10. The second kappa shape index (κ2) is 5.50. The Morgan fingerprint density at radius 2 is 2.43 bits per heavy atom. The van der Waals surface area contributed by atoms with E-state index in [0.29, 0.717) is 5.75 Å². The number of halogens is 2. The second-order valence-corrected chi connectivity index (χ2v) is 4.47. The lowest BCUT2D eigenvalue weighted by molar-refractivity contribution is 0.569. The number of rotatable bonds is 4. The third-order valence-electron chi connectivity index (χ3n) is 1.58. The van der Waals surface area contributed by atoms with E-state index in [1.54, 1.807) is 6.92 Å². The van der Waals surface area contributed by atoms with Crippen molar-refractivity contribution in [2.45, 2.75) is 13.5 Å². The first kappa shape index (κ1) is 11.7. The fraction of sp³-hybridized carbons (Fsp3) is 0.375. The summed E-state index contributed by atoms with van der Waals surface area (Å²) in [6, 6.07) is 1.37. The minimum atomic E-state index is -1.14. The van der Waals surface area contributed by atoms with Crippen LogP contribution in [0.5, 0.6) is 0 Å². The SMILES string of the molecule is CC[S+]([O-])NCc1nccc(Cl)c1F. The summed E-state index contributed by atoms with van der Waals surface area (Å²) >= 11 is 4.40. The van der Waals surface area contributed by atoms with Crippen LogP contribution >= 0.6 is 11.6 Å². The maximum absolute atomic E-state index is 13.2. The zero-order valence-electron chi connectivity index (χ0n) is 7.59. The molecule has 1 heterocycles. The van der Waals surface area contributed by atoms with Gasteiger partial charge in [-0.25, -0.2) is 4.39 Å². The number of hydrogen-bond acceptors (Lipinski definition) is 3. The quantitative estimate of drug-likeness (QED) is 0.809. The molecule has 1 rings (SSSR count). The Morgan fingerprint density at radius 1 is 1.71 bits per heavy atom. The fourth-order valence-corrected chi connectivity index (χ4v) is 1.50. The zero-order valence-corrected chi connectivity index (χ0v) is 9.16. The lowest BCUT2D eigenvalue weighted by atomic mass is 10.3. The van der Waals surface area contributed by atoms with E-state index in [9.17, 15) is 8.94 Å². The summed E-state index contributed by atoms with van der Waals surface area (Å²) < 4.78 is 26.8. The van der Waals surface area contributed by atoms with Crippen LogP contribution in [-0.2, 0) is 17.9 Å². The zero-order chi connectivity index (χ0) is 10.6. The molecule has 1 aromatic heterocycles. The fourth-order valence-electron chi connectivity index (χ4n) is 0.835. The van der Waals surface area contributed by atoms with Crippen molar-refractivity contribution < 1.29 is 8.94 Å². The molecular weight excluding hydrogens is 227 g/mol. The van der Waals surface area contributed by atoms with Gasteiger partial charge >= 0.3 is 0 Å². The first-order valence-electron chi connectivity index (χ1n) is 4.06. The molecule has 0 aliphatic carbocycles. The van der Waals surface area contributed by atoms with Crippen LogP contribution in [0.2, 0.25) is 5.02 Å². The van der Waals surface area contributed by atoms with Crippen molar-refractivity contribution >= 4 is 23.0 Å². The van der Waals surface area contributed by atoms with Crippen LogP contribution in [-0.4, -0.2) is 15.3 Å². The summed E-state index contributed by atoms with van der Waals surface area (Å²) in [5.74, 6) is -0.0860. The molecule has 14 heavy (non-hydrogen) atoms. The predicted octanol–water partition coefficient (Wildman–Crippen LogP) is 1.65. The third kappa shape index (κ3) is 3.09. The van der Waals surface area contributed by atoms with E-state index in [1.165, 1.54) is 12.3 Å². The lowest BCUT2D eigenvalue weighted by Crippen LogP contribution is -2.25. The Morgan fingerprint density at radius 3 is 3.07 bits per heavy atom. The first-order valence-corrected chi connectivity index (χ1v) is 5.75. The van der Waals surface area contributed by atoms with E-state index < -0.39 is 17.2 Å². The van der Waals surface area contributed by atoms with Gasteiger partial charge in [-0.2, -0.15) is 0 Å². The Bertz CT molecular complexity index is 313. The highest BCUT2D eigenvalue weighted by Crippen LogP contribution is 2.15. The molecule has 0 bridgehead atoms. The minimum absolute atomic E-state index is 0.0269. The second-order valence-electron chi connectivity index (χ2n) is 2.51.